The van der Waals surface area contributed by atoms with Crippen molar-refractivity contribution in [2.45, 2.75) is 43.8 Å². The second kappa shape index (κ2) is 10.3. The van der Waals surface area contributed by atoms with E-state index in [4.69, 9.17) is 0 Å². The molecular weight excluding hydrogens is 493 g/mol. The number of benzene rings is 2. The molecule has 2 saturated heterocycles. The van der Waals surface area contributed by atoms with Crippen LogP contribution in [0, 0.1) is 0 Å². The smallest absolute Gasteiger partial charge is 0.371 e. The molecule has 0 unspecified atom stereocenters. The molecule has 0 atom stereocenters. The number of sulfonamides is 1. The lowest BCUT2D eigenvalue weighted by atomic mass is 10.1. The van der Waals surface area contributed by atoms with Crippen LogP contribution in [0.5, 0.6) is 0 Å². The number of carbonyl (C=O) groups excluding carboxylic acids is 1. The summed E-state index contributed by atoms with van der Waals surface area (Å²) in [5, 5.41) is 0. The fourth-order valence-corrected chi connectivity index (χ4v) is 5.94. The first-order valence-corrected chi connectivity index (χ1v) is 13.6. The molecule has 36 heavy (non-hydrogen) atoms. The minimum absolute atomic E-state index is 0.0471. The quantitative estimate of drug-likeness (QED) is 0.620. The molecule has 1 N–H and O–H groups in total. The summed E-state index contributed by atoms with van der Waals surface area (Å²) in [6.45, 7) is 6.75. The Labute approximate surface area is 209 Å². The van der Waals surface area contributed by atoms with E-state index in [1.54, 1.807) is 24.8 Å². The fourth-order valence-electron chi connectivity index (χ4n) is 4.67. The lowest BCUT2D eigenvalue weighted by molar-refractivity contribution is -0.137. The van der Waals surface area contributed by atoms with Crippen LogP contribution in [0.3, 0.4) is 0 Å². The summed E-state index contributed by atoms with van der Waals surface area (Å²) < 4.78 is 66.7. The van der Waals surface area contributed by atoms with Crippen LogP contribution >= 0.6 is 0 Å². The number of rotatable bonds is 6. The van der Waals surface area contributed by atoms with Crippen LogP contribution in [-0.4, -0.2) is 64.5 Å². The van der Waals surface area contributed by atoms with E-state index in [0.29, 0.717) is 37.4 Å². The predicted octanol–water partition coefficient (Wildman–Crippen LogP) is 3.95. The maximum Gasteiger partial charge on any atom is 0.416 e. The number of alkyl halides is 3. The van der Waals surface area contributed by atoms with Gasteiger partial charge in [0.25, 0.3) is 5.91 Å². The molecule has 196 valence electrons. The summed E-state index contributed by atoms with van der Waals surface area (Å²) in [5.41, 5.74) is 1.05. The zero-order valence-electron chi connectivity index (χ0n) is 20.4. The van der Waals surface area contributed by atoms with Crippen LogP contribution in [-0.2, 0) is 16.2 Å². The van der Waals surface area contributed by atoms with Crippen molar-refractivity contribution < 1.29 is 26.4 Å². The predicted molar refractivity (Wildman–Crippen MR) is 133 cm³/mol. The number of piperazine rings is 1. The van der Waals surface area contributed by atoms with Crippen LogP contribution in [0.4, 0.5) is 24.5 Å². The van der Waals surface area contributed by atoms with Gasteiger partial charge in [-0.1, -0.05) is 0 Å². The van der Waals surface area contributed by atoms with Crippen LogP contribution in [0.2, 0.25) is 0 Å². The van der Waals surface area contributed by atoms with Crippen molar-refractivity contribution in [1.29, 1.82) is 0 Å². The maximum absolute atomic E-state index is 13.6. The Morgan fingerprint density at radius 1 is 0.889 bits per heavy atom. The minimum Gasteiger partial charge on any atom is -0.371 e. The lowest BCUT2D eigenvalue weighted by Crippen LogP contribution is -2.49. The minimum atomic E-state index is -4.39. The van der Waals surface area contributed by atoms with Gasteiger partial charge in [0.05, 0.1) is 16.0 Å². The van der Waals surface area contributed by atoms with Gasteiger partial charge in [-0.3, -0.25) is 4.79 Å². The third kappa shape index (κ3) is 5.78. The van der Waals surface area contributed by atoms with E-state index in [-0.39, 0.29) is 16.8 Å². The van der Waals surface area contributed by atoms with Gasteiger partial charge in [-0.15, -0.1) is 0 Å². The molecule has 2 heterocycles. The molecule has 2 aromatic carbocycles. The summed E-state index contributed by atoms with van der Waals surface area (Å²) in [7, 11) is -3.77. The summed E-state index contributed by atoms with van der Waals surface area (Å²) in [6, 6.07) is 9.44. The van der Waals surface area contributed by atoms with Crippen LogP contribution in [0.1, 0.15) is 42.6 Å². The number of carbonyl (C=O) groups is 1. The Kier molecular flexibility index (Phi) is 7.51. The number of halogens is 3. The molecule has 2 aliphatic heterocycles. The van der Waals surface area contributed by atoms with Gasteiger partial charge >= 0.3 is 6.18 Å². The molecule has 7 nitrogen and oxygen atoms in total. The van der Waals surface area contributed by atoms with Crippen molar-refractivity contribution in [1.82, 2.24) is 9.62 Å². The highest BCUT2D eigenvalue weighted by Crippen LogP contribution is 2.32. The number of amides is 1. The first-order valence-electron chi connectivity index (χ1n) is 12.1. The first-order chi connectivity index (χ1) is 17.0. The Hall–Kier alpha value is -2.79. The van der Waals surface area contributed by atoms with Gasteiger partial charge in [0.1, 0.15) is 0 Å². The highest BCUT2D eigenvalue weighted by atomic mass is 32.2. The van der Waals surface area contributed by atoms with E-state index in [2.05, 4.69) is 9.62 Å². The van der Waals surface area contributed by atoms with E-state index in [9.17, 15) is 26.4 Å². The molecule has 0 spiro atoms. The third-order valence-electron chi connectivity index (χ3n) is 6.47. The topological polar surface area (TPSA) is 73.0 Å². The zero-order chi connectivity index (χ0) is 26.1. The standard InChI is InChI=1S/C25H31F3N4O3S/c1-18(2)29-36(34,35)21-9-10-23(31-11-3-4-12-31)22(17-21)24(33)32-15-13-30(14-16-32)20-7-5-19(6-8-20)25(26,27)28/h5-10,17-18,29H,3-4,11-16H2,1-2H3. The van der Waals surface area contributed by atoms with Gasteiger partial charge in [-0.2, -0.15) is 13.2 Å². The molecular formula is C25H31F3N4O3S. The second-order valence-electron chi connectivity index (χ2n) is 9.47. The number of nitrogens with one attached hydrogen (secondary N) is 1. The number of nitrogens with zero attached hydrogens (tertiary/aromatic N) is 3. The van der Waals surface area contributed by atoms with Crippen LogP contribution in [0.25, 0.3) is 0 Å². The molecule has 0 saturated carbocycles. The molecule has 0 radical (unpaired) electrons. The van der Waals surface area contributed by atoms with Gasteiger partial charge < -0.3 is 14.7 Å². The molecule has 0 aliphatic carbocycles. The monoisotopic (exact) mass is 524 g/mol. The van der Waals surface area contributed by atoms with Gasteiger partial charge in [0.2, 0.25) is 10.0 Å². The van der Waals surface area contributed by atoms with Crippen LogP contribution < -0.4 is 14.5 Å². The Morgan fingerprint density at radius 3 is 2.06 bits per heavy atom. The number of hydrogen-bond donors (Lipinski definition) is 1. The van der Waals surface area contributed by atoms with Crippen molar-refractivity contribution in [3.63, 3.8) is 0 Å². The Balaban J connectivity index is 1.53. The number of hydrogen-bond acceptors (Lipinski definition) is 5. The third-order valence-corrected chi connectivity index (χ3v) is 8.13. The second-order valence-corrected chi connectivity index (χ2v) is 11.2. The molecule has 0 aromatic heterocycles. The largest absolute Gasteiger partial charge is 0.416 e. The average molecular weight is 525 g/mol. The van der Waals surface area contributed by atoms with E-state index in [0.717, 1.165) is 43.8 Å². The summed E-state index contributed by atoms with van der Waals surface area (Å²) in [5.74, 6) is -0.245. The zero-order valence-corrected chi connectivity index (χ0v) is 21.2. The van der Waals surface area contributed by atoms with E-state index in [1.165, 1.54) is 24.3 Å². The molecule has 0 bridgehead atoms. The molecule has 4 rings (SSSR count). The molecule has 2 fully saturated rings. The van der Waals surface area contributed by atoms with Gasteiger partial charge in [0.15, 0.2) is 0 Å². The van der Waals surface area contributed by atoms with Crippen molar-refractivity contribution in [2.75, 3.05) is 49.1 Å². The molecule has 2 aromatic rings. The van der Waals surface area contributed by atoms with Gasteiger partial charge in [-0.25, -0.2) is 13.1 Å². The van der Waals surface area contributed by atoms with Crippen LogP contribution in [0.15, 0.2) is 47.4 Å². The summed E-state index contributed by atoms with van der Waals surface area (Å²) in [6.07, 6.45) is -2.37. The first kappa shape index (κ1) is 26.3. The Bertz CT molecular complexity index is 1190. The van der Waals surface area contributed by atoms with E-state index < -0.39 is 21.8 Å². The van der Waals surface area contributed by atoms with Gasteiger partial charge in [-0.05, 0) is 69.2 Å². The highest BCUT2D eigenvalue weighted by Gasteiger charge is 2.31. The highest BCUT2D eigenvalue weighted by molar-refractivity contribution is 7.89. The lowest BCUT2D eigenvalue weighted by Gasteiger charge is -2.37. The summed E-state index contributed by atoms with van der Waals surface area (Å²) >= 11 is 0. The van der Waals surface area contributed by atoms with Crippen molar-refractivity contribution >= 4 is 27.3 Å². The fraction of sp³-hybridized carbons (Fsp3) is 0.480. The average Bonchev–Trinajstić information content (AvgIpc) is 3.37. The Morgan fingerprint density at radius 2 is 1.50 bits per heavy atom. The van der Waals surface area contributed by atoms with Gasteiger partial charge in [0, 0.05) is 56.7 Å². The molecule has 11 heteroatoms. The molecule has 1 amide bonds. The van der Waals surface area contributed by atoms with E-state index >= 15 is 0 Å². The summed E-state index contributed by atoms with van der Waals surface area (Å²) in [4.78, 5) is 19.4. The SMILES string of the molecule is CC(C)NS(=O)(=O)c1ccc(N2CCCC2)c(C(=O)N2CCN(c3ccc(C(F)(F)F)cc3)CC2)c1. The number of anilines is 2. The van der Waals surface area contributed by atoms with Crippen molar-refractivity contribution in [2.24, 2.45) is 0 Å². The normalized spacial score (nSPS) is 17.2. The molecule has 2 aliphatic rings. The van der Waals surface area contributed by atoms with Crippen molar-refractivity contribution in [3.8, 4) is 0 Å². The van der Waals surface area contributed by atoms with Crippen molar-refractivity contribution in [3.05, 3.63) is 53.6 Å². The maximum atomic E-state index is 13.6. The van der Waals surface area contributed by atoms with E-state index in [1.807, 2.05) is 4.90 Å².